The lowest BCUT2D eigenvalue weighted by atomic mass is 9.93. The summed E-state index contributed by atoms with van der Waals surface area (Å²) in [6, 6.07) is 12.3. The van der Waals surface area contributed by atoms with Crippen molar-refractivity contribution >= 4 is 9.84 Å². The predicted octanol–water partition coefficient (Wildman–Crippen LogP) is 3.04. The Morgan fingerprint density at radius 3 is 2.56 bits per heavy atom. The van der Waals surface area contributed by atoms with Gasteiger partial charge in [-0.15, -0.1) is 0 Å². The first-order valence-corrected chi connectivity index (χ1v) is 9.91. The number of benzene rings is 2. The number of methoxy groups -OCH3 is 1. The zero-order valence-corrected chi connectivity index (χ0v) is 15.4. The van der Waals surface area contributed by atoms with Gasteiger partial charge in [0.25, 0.3) is 0 Å². The maximum Gasteiger partial charge on any atom is 0.180 e. The first kappa shape index (κ1) is 17.8. The largest absolute Gasteiger partial charge is 0.504 e. The Labute approximate surface area is 148 Å². The van der Waals surface area contributed by atoms with Crippen molar-refractivity contribution in [3.05, 3.63) is 53.6 Å². The lowest BCUT2D eigenvalue weighted by Gasteiger charge is -2.32. The molecule has 0 unspecified atom stereocenters. The Balaban J connectivity index is 2.30. The molecule has 0 bridgehead atoms. The summed E-state index contributed by atoms with van der Waals surface area (Å²) in [7, 11) is -2.11. The number of hydrogen-bond donors (Lipinski definition) is 2. The number of fused-ring (bicyclic) bond motifs is 1. The van der Waals surface area contributed by atoms with E-state index in [0.717, 1.165) is 5.56 Å². The molecule has 1 aliphatic rings. The van der Waals surface area contributed by atoms with Gasteiger partial charge in [0.15, 0.2) is 21.3 Å². The van der Waals surface area contributed by atoms with Crippen LogP contribution in [0.4, 0.5) is 0 Å². The van der Waals surface area contributed by atoms with Gasteiger partial charge in [-0.2, -0.15) is 0 Å². The maximum absolute atomic E-state index is 13.0. The van der Waals surface area contributed by atoms with E-state index in [4.69, 9.17) is 4.74 Å². The summed E-state index contributed by atoms with van der Waals surface area (Å²) in [5, 5.41) is 13.6. The number of aromatic hydroxyl groups is 1. The molecule has 0 radical (unpaired) electrons. The first-order valence-electron chi connectivity index (χ1n) is 8.26. The minimum atomic E-state index is -3.56. The summed E-state index contributed by atoms with van der Waals surface area (Å²) in [4.78, 5) is 0.157. The molecule has 2 aromatic rings. The second-order valence-electron chi connectivity index (χ2n) is 6.72. The van der Waals surface area contributed by atoms with Gasteiger partial charge in [-0.1, -0.05) is 37.3 Å². The van der Waals surface area contributed by atoms with E-state index in [2.05, 4.69) is 5.32 Å². The van der Waals surface area contributed by atoms with Gasteiger partial charge in [0, 0.05) is 11.6 Å². The van der Waals surface area contributed by atoms with Gasteiger partial charge in [-0.3, -0.25) is 5.32 Å². The molecule has 3 rings (SSSR count). The standard InChI is InChI=1S/C19H23NO4S/c1-4-19(2)12-25(22,23)17-11-15(21)16(24-3)10-14(17)18(20-19)13-8-6-5-7-9-13/h5-11,18,20-21H,4,12H2,1-3H3/t18-,19+/m1/s1. The predicted molar refractivity (Wildman–Crippen MR) is 96.8 cm³/mol. The average Bonchev–Trinajstić information content (AvgIpc) is 2.68. The van der Waals surface area contributed by atoms with Crippen molar-refractivity contribution in [1.82, 2.24) is 5.32 Å². The smallest absolute Gasteiger partial charge is 0.180 e. The van der Waals surface area contributed by atoms with Crippen LogP contribution in [-0.4, -0.2) is 31.9 Å². The number of nitrogens with one attached hydrogen (secondary N) is 1. The Kier molecular flexibility index (Phi) is 4.51. The van der Waals surface area contributed by atoms with E-state index in [0.29, 0.717) is 12.0 Å². The second kappa shape index (κ2) is 6.35. The lowest BCUT2D eigenvalue weighted by Crippen LogP contribution is -2.47. The van der Waals surface area contributed by atoms with Crippen LogP contribution in [0.3, 0.4) is 0 Å². The summed E-state index contributed by atoms with van der Waals surface area (Å²) >= 11 is 0. The van der Waals surface area contributed by atoms with E-state index >= 15 is 0 Å². The molecular formula is C19H23NO4S. The van der Waals surface area contributed by atoms with E-state index in [1.165, 1.54) is 13.2 Å². The van der Waals surface area contributed by atoms with Crippen LogP contribution >= 0.6 is 0 Å². The Morgan fingerprint density at radius 2 is 1.96 bits per heavy atom. The van der Waals surface area contributed by atoms with Crippen molar-refractivity contribution < 1.29 is 18.3 Å². The molecule has 134 valence electrons. The van der Waals surface area contributed by atoms with E-state index in [1.807, 2.05) is 44.2 Å². The van der Waals surface area contributed by atoms with Gasteiger partial charge >= 0.3 is 0 Å². The molecular weight excluding hydrogens is 338 g/mol. The fourth-order valence-electron chi connectivity index (χ4n) is 3.30. The van der Waals surface area contributed by atoms with Gasteiger partial charge < -0.3 is 9.84 Å². The van der Waals surface area contributed by atoms with Crippen LogP contribution in [0.2, 0.25) is 0 Å². The molecule has 0 fully saturated rings. The zero-order valence-electron chi connectivity index (χ0n) is 14.6. The van der Waals surface area contributed by atoms with Crippen molar-refractivity contribution in [2.24, 2.45) is 0 Å². The number of phenols is 1. The number of hydrogen-bond acceptors (Lipinski definition) is 5. The van der Waals surface area contributed by atoms with Crippen LogP contribution in [-0.2, 0) is 9.84 Å². The van der Waals surface area contributed by atoms with Crippen molar-refractivity contribution in [3.8, 4) is 11.5 Å². The lowest BCUT2D eigenvalue weighted by molar-refractivity contribution is 0.350. The van der Waals surface area contributed by atoms with E-state index < -0.39 is 15.4 Å². The van der Waals surface area contributed by atoms with Gasteiger partial charge in [0.1, 0.15) is 0 Å². The number of rotatable bonds is 3. The molecule has 1 heterocycles. The topological polar surface area (TPSA) is 75.6 Å². The minimum absolute atomic E-state index is 0.0292. The molecule has 0 saturated heterocycles. The van der Waals surface area contributed by atoms with Gasteiger partial charge in [-0.25, -0.2) is 8.42 Å². The van der Waals surface area contributed by atoms with E-state index in [1.54, 1.807) is 6.07 Å². The molecule has 2 aromatic carbocycles. The van der Waals surface area contributed by atoms with Crippen LogP contribution < -0.4 is 10.1 Å². The average molecular weight is 361 g/mol. The number of sulfone groups is 1. The number of ether oxygens (including phenoxy) is 1. The summed E-state index contributed by atoms with van der Waals surface area (Å²) in [6.07, 6.45) is 0.659. The van der Waals surface area contributed by atoms with Crippen LogP contribution in [0.25, 0.3) is 0 Å². The maximum atomic E-state index is 13.0. The SMILES string of the molecule is CC[C@@]1(C)CS(=O)(=O)c2cc(O)c(OC)cc2[C@@H](c2ccccc2)N1. The Morgan fingerprint density at radius 1 is 1.28 bits per heavy atom. The first-order chi connectivity index (χ1) is 11.8. The fourth-order valence-corrected chi connectivity index (χ4v) is 5.41. The van der Waals surface area contributed by atoms with Crippen LogP contribution in [0.15, 0.2) is 47.4 Å². The molecule has 0 aromatic heterocycles. The van der Waals surface area contributed by atoms with Crippen molar-refractivity contribution in [1.29, 1.82) is 0 Å². The molecule has 0 spiro atoms. The van der Waals surface area contributed by atoms with Crippen molar-refractivity contribution in [2.45, 2.75) is 36.7 Å². The molecule has 6 heteroatoms. The zero-order chi connectivity index (χ0) is 18.2. The van der Waals surface area contributed by atoms with Crippen molar-refractivity contribution in [2.75, 3.05) is 12.9 Å². The Hall–Kier alpha value is -2.05. The molecule has 2 atom stereocenters. The molecule has 0 amide bonds. The normalized spacial score (nSPS) is 25.0. The number of phenolic OH excluding ortho intramolecular Hbond substituents is 1. The second-order valence-corrected chi connectivity index (χ2v) is 8.68. The van der Waals surface area contributed by atoms with Gasteiger partial charge in [0.2, 0.25) is 0 Å². The summed E-state index contributed by atoms with van der Waals surface area (Å²) in [5.74, 6) is 0.0621. The molecule has 1 aliphatic heterocycles. The highest BCUT2D eigenvalue weighted by Gasteiger charge is 2.39. The third-order valence-corrected chi connectivity index (χ3v) is 6.91. The molecule has 2 N–H and O–H groups in total. The van der Waals surface area contributed by atoms with Gasteiger partial charge in [-0.05, 0) is 30.5 Å². The fraction of sp³-hybridized carbons (Fsp3) is 0.368. The molecule has 5 nitrogen and oxygen atoms in total. The summed E-state index contributed by atoms with van der Waals surface area (Å²) < 4.78 is 31.2. The van der Waals surface area contributed by atoms with Crippen LogP contribution in [0.1, 0.15) is 37.4 Å². The summed E-state index contributed by atoms with van der Waals surface area (Å²) in [5.41, 5.74) is 0.979. The van der Waals surface area contributed by atoms with Crippen LogP contribution in [0, 0.1) is 0 Å². The molecule has 0 aliphatic carbocycles. The minimum Gasteiger partial charge on any atom is -0.504 e. The van der Waals surface area contributed by atoms with Crippen LogP contribution in [0.5, 0.6) is 11.5 Å². The van der Waals surface area contributed by atoms with Crippen molar-refractivity contribution in [3.63, 3.8) is 0 Å². The van der Waals surface area contributed by atoms with E-state index in [-0.39, 0.29) is 28.2 Å². The highest BCUT2D eigenvalue weighted by atomic mass is 32.2. The quantitative estimate of drug-likeness (QED) is 0.879. The monoisotopic (exact) mass is 361 g/mol. The van der Waals surface area contributed by atoms with Gasteiger partial charge in [0.05, 0.1) is 23.8 Å². The highest BCUT2D eigenvalue weighted by Crippen LogP contribution is 2.41. The Bertz CT molecular complexity index is 880. The third-order valence-electron chi connectivity index (χ3n) is 4.87. The third kappa shape index (κ3) is 3.24. The molecule has 25 heavy (non-hydrogen) atoms. The molecule has 0 saturated carbocycles. The summed E-state index contributed by atoms with van der Waals surface area (Å²) in [6.45, 7) is 3.89. The highest BCUT2D eigenvalue weighted by molar-refractivity contribution is 7.91. The van der Waals surface area contributed by atoms with E-state index in [9.17, 15) is 13.5 Å².